The van der Waals surface area contributed by atoms with Gasteiger partial charge in [0.05, 0.1) is 0 Å². The Labute approximate surface area is 131 Å². The van der Waals surface area contributed by atoms with Gasteiger partial charge in [0.15, 0.2) is 5.82 Å². The summed E-state index contributed by atoms with van der Waals surface area (Å²) in [5.74, 6) is -0.326. The van der Waals surface area contributed by atoms with E-state index in [4.69, 9.17) is 4.52 Å². The predicted molar refractivity (Wildman–Crippen MR) is 79.0 cm³/mol. The number of aryl methyl sites for hydroxylation is 1. The van der Waals surface area contributed by atoms with Gasteiger partial charge in [-0.15, -0.1) is 0 Å². The van der Waals surface area contributed by atoms with Crippen LogP contribution in [0.4, 0.5) is 4.39 Å². The SMILES string of the molecule is Cc1nc([C@@H](NC(=O)c2ccncc2)c2ccccc2F)no1. The zero-order valence-corrected chi connectivity index (χ0v) is 12.2. The van der Waals surface area contributed by atoms with E-state index in [1.165, 1.54) is 18.5 Å². The van der Waals surface area contributed by atoms with E-state index < -0.39 is 11.9 Å². The van der Waals surface area contributed by atoms with Gasteiger partial charge in [0, 0.05) is 30.4 Å². The first kappa shape index (κ1) is 14.8. The van der Waals surface area contributed by atoms with Crippen LogP contribution in [0, 0.1) is 12.7 Å². The van der Waals surface area contributed by atoms with Gasteiger partial charge in [0.1, 0.15) is 11.9 Å². The van der Waals surface area contributed by atoms with Crippen molar-refractivity contribution in [2.24, 2.45) is 0 Å². The van der Waals surface area contributed by atoms with Crippen LogP contribution in [-0.2, 0) is 0 Å². The Morgan fingerprint density at radius 3 is 2.61 bits per heavy atom. The van der Waals surface area contributed by atoms with Crippen molar-refractivity contribution in [1.82, 2.24) is 20.4 Å². The molecule has 0 aliphatic rings. The van der Waals surface area contributed by atoms with Crippen LogP contribution in [0.1, 0.15) is 33.7 Å². The molecule has 7 heteroatoms. The van der Waals surface area contributed by atoms with Crippen molar-refractivity contribution in [2.45, 2.75) is 13.0 Å². The molecule has 0 saturated carbocycles. The second-order valence-electron chi connectivity index (χ2n) is 4.84. The van der Waals surface area contributed by atoms with Crippen LogP contribution in [0.5, 0.6) is 0 Å². The van der Waals surface area contributed by atoms with Gasteiger partial charge in [0.25, 0.3) is 5.91 Å². The molecule has 2 heterocycles. The van der Waals surface area contributed by atoms with Crippen molar-refractivity contribution in [3.05, 3.63) is 77.5 Å². The Balaban J connectivity index is 1.96. The van der Waals surface area contributed by atoms with Crippen molar-refractivity contribution in [2.75, 3.05) is 0 Å². The Bertz CT molecular complexity index is 820. The summed E-state index contributed by atoms with van der Waals surface area (Å²) in [5, 5.41) is 6.53. The molecular formula is C16H13FN4O2. The highest BCUT2D eigenvalue weighted by Gasteiger charge is 2.25. The van der Waals surface area contributed by atoms with Crippen LogP contribution in [0.3, 0.4) is 0 Å². The molecule has 3 rings (SSSR count). The highest BCUT2D eigenvalue weighted by atomic mass is 19.1. The predicted octanol–water partition coefficient (Wildman–Crippen LogP) is 2.43. The van der Waals surface area contributed by atoms with Crippen molar-refractivity contribution in [1.29, 1.82) is 0 Å². The molecule has 1 aromatic carbocycles. The topological polar surface area (TPSA) is 80.9 Å². The average molecular weight is 312 g/mol. The maximum atomic E-state index is 14.1. The lowest BCUT2D eigenvalue weighted by molar-refractivity contribution is 0.0940. The summed E-state index contributed by atoms with van der Waals surface area (Å²) >= 11 is 0. The van der Waals surface area contributed by atoms with Gasteiger partial charge in [-0.1, -0.05) is 23.4 Å². The lowest BCUT2D eigenvalue weighted by Gasteiger charge is -2.16. The number of nitrogens with zero attached hydrogens (tertiary/aromatic N) is 3. The monoisotopic (exact) mass is 312 g/mol. The van der Waals surface area contributed by atoms with Gasteiger partial charge in [-0.2, -0.15) is 4.98 Å². The minimum Gasteiger partial charge on any atom is -0.340 e. The van der Waals surface area contributed by atoms with E-state index in [2.05, 4.69) is 20.4 Å². The molecule has 0 bridgehead atoms. The largest absolute Gasteiger partial charge is 0.340 e. The van der Waals surface area contributed by atoms with E-state index in [1.807, 2.05) is 0 Å². The molecule has 1 N–H and O–H groups in total. The number of carbonyl (C=O) groups excluding carboxylic acids is 1. The van der Waals surface area contributed by atoms with Crippen molar-refractivity contribution in [3.63, 3.8) is 0 Å². The summed E-state index contributed by atoms with van der Waals surface area (Å²) in [6.07, 6.45) is 3.01. The van der Waals surface area contributed by atoms with Crippen molar-refractivity contribution < 1.29 is 13.7 Å². The molecule has 23 heavy (non-hydrogen) atoms. The van der Waals surface area contributed by atoms with Crippen LogP contribution in [0.2, 0.25) is 0 Å². The maximum Gasteiger partial charge on any atom is 0.252 e. The number of hydrogen-bond acceptors (Lipinski definition) is 5. The number of aromatic nitrogens is 3. The van der Waals surface area contributed by atoms with Gasteiger partial charge < -0.3 is 9.84 Å². The molecule has 0 aliphatic carbocycles. The van der Waals surface area contributed by atoms with Crippen LogP contribution in [0.25, 0.3) is 0 Å². The molecule has 2 aromatic heterocycles. The molecule has 0 aliphatic heterocycles. The summed E-state index contributed by atoms with van der Waals surface area (Å²) < 4.78 is 19.1. The lowest BCUT2D eigenvalue weighted by atomic mass is 10.0. The molecule has 1 atom stereocenters. The van der Waals surface area contributed by atoms with Gasteiger partial charge in [0.2, 0.25) is 5.89 Å². The molecule has 0 saturated heterocycles. The molecule has 3 aromatic rings. The second-order valence-corrected chi connectivity index (χ2v) is 4.84. The molecule has 116 valence electrons. The first-order valence-corrected chi connectivity index (χ1v) is 6.90. The molecule has 0 spiro atoms. The Morgan fingerprint density at radius 2 is 1.96 bits per heavy atom. The minimum atomic E-state index is -0.852. The Hall–Kier alpha value is -3.09. The third kappa shape index (κ3) is 3.23. The number of nitrogens with one attached hydrogen (secondary N) is 1. The second kappa shape index (κ2) is 6.35. The standard InChI is InChI=1S/C16H13FN4O2/c1-10-19-15(21-23-10)14(12-4-2-3-5-13(12)17)20-16(22)11-6-8-18-9-7-11/h2-9,14H,1H3,(H,20,22)/t14-/m0/s1. The van der Waals surface area contributed by atoms with Gasteiger partial charge in [-0.05, 0) is 18.2 Å². The fourth-order valence-corrected chi connectivity index (χ4v) is 2.14. The van der Waals surface area contributed by atoms with Crippen LogP contribution in [-0.4, -0.2) is 21.0 Å². The van der Waals surface area contributed by atoms with E-state index in [1.54, 1.807) is 37.3 Å². The van der Waals surface area contributed by atoms with Gasteiger partial charge in [-0.3, -0.25) is 9.78 Å². The average Bonchev–Trinajstić information content (AvgIpc) is 3.00. The van der Waals surface area contributed by atoms with Crippen LogP contribution < -0.4 is 5.32 Å². The highest BCUT2D eigenvalue weighted by Crippen LogP contribution is 2.23. The van der Waals surface area contributed by atoms with Crippen molar-refractivity contribution in [3.8, 4) is 0 Å². The lowest BCUT2D eigenvalue weighted by Crippen LogP contribution is -2.30. The Kier molecular flexibility index (Phi) is 4.09. The number of amides is 1. The van der Waals surface area contributed by atoms with Gasteiger partial charge >= 0.3 is 0 Å². The first-order valence-electron chi connectivity index (χ1n) is 6.90. The molecule has 1 amide bonds. The summed E-state index contributed by atoms with van der Waals surface area (Å²) in [5.41, 5.74) is 0.664. The Morgan fingerprint density at radius 1 is 1.22 bits per heavy atom. The number of rotatable bonds is 4. The smallest absolute Gasteiger partial charge is 0.252 e. The number of carbonyl (C=O) groups is 1. The van der Waals surface area contributed by atoms with E-state index in [0.29, 0.717) is 11.5 Å². The number of halogens is 1. The number of benzene rings is 1. The zero-order valence-electron chi connectivity index (χ0n) is 12.2. The van der Waals surface area contributed by atoms with E-state index in [9.17, 15) is 9.18 Å². The highest BCUT2D eigenvalue weighted by molar-refractivity contribution is 5.94. The molecule has 0 fully saturated rings. The summed E-state index contributed by atoms with van der Waals surface area (Å²) in [6.45, 7) is 1.62. The number of pyridine rings is 1. The minimum absolute atomic E-state index is 0.190. The third-order valence-corrected chi connectivity index (χ3v) is 3.24. The fourth-order valence-electron chi connectivity index (χ4n) is 2.14. The van der Waals surface area contributed by atoms with Crippen molar-refractivity contribution >= 4 is 5.91 Å². The number of hydrogen-bond donors (Lipinski definition) is 1. The van der Waals surface area contributed by atoms with Gasteiger partial charge in [-0.25, -0.2) is 4.39 Å². The summed E-state index contributed by atoms with van der Waals surface area (Å²) in [4.78, 5) is 20.3. The van der Waals surface area contributed by atoms with Crippen LogP contribution in [0.15, 0.2) is 53.3 Å². The summed E-state index contributed by atoms with van der Waals surface area (Å²) in [7, 11) is 0. The molecule has 6 nitrogen and oxygen atoms in total. The third-order valence-electron chi connectivity index (χ3n) is 3.24. The fraction of sp³-hybridized carbons (Fsp3) is 0.125. The zero-order chi connectivity index (χ0) is 16.2. The normalized spacial score (nSPS) is 11.9. The summed E-state index contributed by atoms with van der Waals surface area (Å²) in [6, 6.07) is 8.41. The molecular weight excluding hydrogens is 299 g/mol. The quantitative estimate of drug-likeness (QED) is 0.800. The maximum absolute atomic E-state index is 14.1. The molecule has 0 unspecified atom stereocenters. The van der Waals surface area contributed by atoms with E-state index >= 15 is 0 Å². The van der Waals surface area contributed by atoms with E-state index in [-0.39, 0.29) is 17.3 Å². The molecule has 0 radical (unpaired) electrons. The van der Waals surface area contributed by atoms with Crippen LogP contribution >= 0.6 is 0 Å². The first-order chi connectivity index (χ1) is 11.1. The van der Waals surface area contributed by atoms with E-state index in [0.717, 1.165) is 0 Å².